The maximum absolute atomic E-state index is 14.7. The summed E-state index contributed by atoms with van der Waals surface area (Å²) in [5.41, 5.74) is 0.766. The number of piperazine rings is 1. The van der Waals surface area contributed by atoms with Crippen molar-refractivity contribution in [1.29, 1.82) is 0 Å². The predicted molar refractivity (Wildman–Crippen MR) is 97.3 cm³/mol. The fraction of sp³-hybridized carbons (Fsp3) is 0.556. The van der Waals surface area contributed by atoms with Crippen LogP contribution in [0.2, 0.25) is 0 Å². The number of benzene rings is 1. The molecule has 0 bridgehead atoms. The topological polar surface area (TPSA) is 73.9 Å². The molecule has 3 unspecified atom stereocenters. The van der Waals surface area contributed by atoms with Crippen molar-refractivity contribution in [2.75, 3.05) is 36.0 Å². The van der Waals surface area contributed by atoms with E-state index in [-0.39, 0.29) is 25.2 Å². The Morgan fingerprint density at radius 3 is 2.57 bits per heavy atom. The number of nitrogens with zero attached hydrogens (tertiary/aromatic N) is 2. The van der Waals surface area contributed by atoms with Crippen LogP contribution in [0.5, 0.6) is 0 Å². The van der Waals surface area contributed by atoms with Gasteiger partial charge in [0.25, 0.3) is 5.91 Å². The van der Waals surface area contributed by atoms with Gasteiger partial charge in [0, 0.05) is 25.2 Å². The fourth-order valence-corrected chi connectivity index (χ4v) is 3.57. The number of anilines is 2. The van der Waals surface area contributed by atoms with Gasteiger partial charge >= 0.3 is 12.5 Å². The summed E-state index contributed by atoms with van der Waals surface area (Å²) in [4.78, 5) is 26.2. The number of carbonyl (C=O) groups is 2. The van der Waals surface area contributed by atoms with Crippen LogP contribution in [0.4, 0.5) is 29.3 Å². The Balaban J connectivity index is 1.66. The van der Waals surface area contributed by atoms with Gasteiger partial charge in [-0.2, -0.15) is 8.78 Å². The minimum Gasteiger partial charge on any atom is -0.442 e. The van der Waals surface area contributed by atoms with Gasteiger partial charge in [0.05, 0.1) is 24.5 Å². The van der Waals surface area contributed by atoms with Crippen LogP contribution in [0.15, 0.2) is 18.2 Å². The fourth-order valence-electron chi connectivity index (χ4n) is 3.57. The highest BCUT2D eigenvalue weighted by Crippen LogP contribution is 2.28. The first-order valence-corrected chi connectivity index (χ1v) is 9.09. The molecule has 154 valence electrons. The molecule has 2 fully saturated rings. The zero-order valence-corrected chi connectivity index (χ0v) is 15.6. The third-order valence-electron chi connectivity index (χ3n) is 4.72. The Labute approximate surface area is 160 Å². The molecule has 0 aromatic heterocycles. The molecule has 0 aliphatic carbocycles. The summed E-state index contributed by atoms with van der Waals surface area (Å²) in [6.45, 7) is 5.19. The Bertz CT molecular complexity index is 739. The third-order valence-corrected chi connectivity index (χ3v) is 4.72. The monoisotopic (exact) mass is 400 g/mol. The van der Waals surface area contributed by atoms with Gasteiger partial charge in [0.2, 0.25) is 0 Å². The molecule has 3 rings (SSSR count). The van der Waals surface area contributed by atoms with Crippen molar-refractivity contribution in [1.82, 2.24) is 10.6 Å². The Hall–Kier alpha value is -2.49. The highest BCUT2D eigenvalue weighted by molar-refractivity contribution is 5.90. The molecule has 2 N–H and O–H groups in total. The number of hydrogen-bond acceptors (Lipinski definition) is 5. The van der Waals surface area contributed by atoms with Crippen molar-refractivity contribution in [2.45, 2.75) is 38.5 Å². The lowest BCUT2D eigenvalue weighted by Crippen LogP contribution is -2.54. The van der Waals surface area contributed by atoms with Crippen LogP contribution in [0.1, 0.15) is 13.8 Å². The van der Waals surface area contributed by atoms with Crippen molar-refractivity contribution in [2.24, 2.45) is 0 Å². The maximum atomic E-state index is 14.7. The molecule has 2 aliphatic heterocycles. The molecule has 10 heteroatoms. The van der Waals surface area contributed by atoms with E-state index >= 15 is 0 Å². The van der Waals surface area contributed by atoms with Crippen molar-refractivity contribution in [3.8, 4) is 0 Å². The standard InChI is InChI=1S/C18H23F3N4O3/c1-10-7-24(8-11(2)23-10)15-4-3-12(5-14(15)19)25-9-13(28-18(25)27)6-22-17(26)16(20)21/h3-5,10-11,13,16,23H,6-9H2,1-2H3,(H,22,26). The first kappa shape index (κ1) is 20.2. The number of amides is 2. The van der Waals surface area contributed by atoms with Crippen LogP contribution < -0.4 is 20.4 Å². The van der Waals surface area contributed by atoms with Crippen LogP contribution in [0, 0.1) is 5.82 Å². The molecule has 2 saturated heterocycles. The van der Waals surface area contributed by atoms with E-state index in [1.165, 1.54) is 11.0 Å². The number of alkyl halides is 2. The zero-order chi connectivity index (χ0) is 20.4. The highest BCUT2D eigenvalue weighted by Gasteiger charge is 2.34. The summed E-state index contributed by atoms with van der Waals surface area (Å²) >= 11 is 0. The van der Waals surface area contributed by atoms with E-state index in [9.17, 15) is 22.8 Å². The third kappa shape index (κ3) is 4.49. The minimum absolute atomic E-state index is 0.0306. The van der Waals surface area contributed by atoms with Crippen molar-refractivity contribution in [3.63, 3.8) is 0 Å². The maximum Gasteiger partial charge on any atom is 0.414 e. The van der Waals surface area contributed by atoms with Crippen LogP contribution in [0.3, 0.4) is 0 Å². The molecule has 2 amide bonds. The minimum atomic E-state index is -3.13. The van der Waals surface area contributed by atoms with Crippen molar-refractivity contribution >= 4 is 23.4 Å². The second-order valence-corrected chi connectivity index (χ2v) is 7.17. The summed E-state index contributed by atoms with van der Waals surface area (Å²) in [6, 6.07) is 4.95. The summed E-state index contributed by atoms with van der Waals surface area (Å²) in [5, 5.41) is 5.39. The molecule has 28 heavy (non-hydrogen) atoms. The average molecular weight is 400 g/mol. The normalized spacial score (nSPS) is 25.2. The smallest absolute Gasteiger partial charge is 0.414 e. The number of halogens is 3. The Morgan fingerprint density at radius 2 is 1.96 bits per heavy atom. The van der Waals surface area contributed by atoms with Gasteiger partial charge in [-0.15, -0.1) is 0 Å². The van der Waals surface area contributed by atoms with Gasteiger partial charge in [-0.3, -0.25) is 9.69 Å². The Morgan fingerprint density at radius 1 is 1.29 bits per heavy atom. The number of ether oxygens (including phenoxy) is 1. The van der Waals surface area contributed by atoms with Crippen molar-refractivity contribution in [3.05, 3.63) is 24.0 Å². The lowest BCUT2D eigenvalue weighted by Gasteiger charge is -2.37. The van der Waals surface area contributed by atoms with Crippen LogP contribution in [-0.4, -0.2) is 62.8 Å². The number of nitrogens with one attached hydrogen (secondary N) is 2. The van der Waals surface area contributed by atoms with Gasteiger partial charge < -0.3 is 20.3 Å². The zero-order valence-electron chi connectivity index (χ0n) is 15.6. The van der Waals surface area contributed by atoms with E-state index in [1.54, 1.807) is 12.1 Å². The Kier molecular flexibility index (Phi) is 5.97. The molecule has 1 aromatic carbocycles. The lowest BCUT2D eigenvalue weighted by molar-refractivity contribution is -0.132. The van der Waals surface area contributed by atoms with E-state index in [0.717, 1.165) is 0 Å². The molecule has 0 radical (unpaired) electrons. The lowest BCUT2D eigenvalue weighted by atomic mass is 10.1. The first-order valence-electron chi connectivity index (χ1n) is 9.09. The number of hydrogen-bond donors (Lipinski definition) is 2. The largest absolute Gasteiger partial charge is 0.442 e. The van der Waals surface area contributed by atoms with Gasteiger partial charge in [-0.1, -0.05) is 0 Å². The molecule has 3 atom stereocenters. The molecular formula is C18H23F3N4O3. The summed E-state index contributed by atoms with van der Waals surface area (Å²) in [7, 11) is 0. The molecule has 1 aromatic rings. The van der Waals surface area contributed by atoms with Gasteiger partial charge in [-0.05, 0) is 32.0 Å². The number of cyclic esters (lactones) is 1. The van der Waals surface area contributed by atoms with E-state index < -0.39 is 30.3 Å². The molecule has 0 spiro atoms. The van der Waals surface area contributed by atoms with E-state index in [4.69, 9.17) is 4.74 Å². The van der Waals surface area contributed by atoms with E-state index in [1.807, 2.05) is 24.1 Å². The van der Waals surface area contributed by atoms with Gasteiger partial charge in [0.15, 0.2) is 0 Å². The molecular weight excluding hydrogens is 377 g/mol. The second kappa shape index (κ2) is 8.26. The molecule has 2 aliphatic rings. The molecule has 7 nitrogen and oxygen atoms in total. The first-order chi connectivity index (χ1) is 13.2. The number of carbonyl (C=O) groups excluding carboxylic acids is 2. The van der Waals surface area contributed by atoms with Crippen LogP contribution >= 0.6 is 0 Å². The molecule has 0 saturated carbocycles. The van der Waals surface area contributed by atoms with Gasteiger partial charge in [0.1, 0.15) is 11.9 Å². The van der Waals surface area contributed by atoms with Crippen molar-refractivity contribution < 1.29 is 27.5 Å². The SMILES string of the molecule is CC1CN(c2ccc(N3CC(CNC(=O)C(F)F)OC3=O)cc2F)CC(C)N1. The predicted octanol–water partition coefficient (Wildman–Crippen LogP) is 1.72. The summed E-state index contributed by atoms with van der Waals surface area (Å²) < 4.78 is 44.2. The second-order valence-electron chi connectivity index (χ2n) is 7.17. The van der Waals surface area contributed by atoms with Gasteiger partial charge in [-0.25, -0.2) is 9.18 Å². The highest BCUT2D eigenvalue weighted by atomic mass is 19.3. The van der Waals surface area contributed by atoms with E-state index in [0.29, 0.717) is 24.5 Å². The average Bonchev–Trinajstić information content (AvgIpc) is 2.99. The number of rotatable bonds is 5. The van der Waals surface area contributed by atoms with Crippen LogP contribution in [0.25, 0.3) is 0 Å². The molecule has 2 heterocycles. The van der Waals surface area contributed by atoms with E-state index in [2.05, 4.69) is 5.32 Å². The van der Waals surface area contributed by atoms with Crippen LogP contribution in [-0.2, 0) is 9.53 Å². The summed E-state index contributed by atoms with van der Waals surface area (Å²) in [5.74, 6) is -1.88. The summed E-state index contributed by atoms with van der Waals surface area (Å²) in [6.07, 6.45) is -4.63. The quantitative estimate of drug-likeness (QED) is 0.788.